The standard InChI is InChI=1S/C10H14O2.C9H12O3/c1-8-7-9(5-6-11)3-4-10(8)12-2;1-12-9-3-2-7(4-5-10)6-8(9)11/h3-4,7,11H,5-6H2,1-2H3;2-3,6,10-11H,4-5H2,1H3. The second-order valence-corrected chi connectivity index (χ2v) is 5.26. The van der Waals surface area contributed by atoms with E-state index in [0.717, 1.165) is 22.4 Å². The molecule has 0 radical (unpaired) electrons. The first-order valence-corrected chi connectivity index (χ1v) is 7.76. The van der Waals surface area contributed by atoms with Gasteiger partial charge in [-0.2, -0.15) is 0 Å². The molecule has 0 amide bonds. The summed E-state index contributed by atoms with van der Waals surface area (Å²) in [6, 6.07) is 11.0. The van der Waals surface area contributed by atoms with Crippen molar-refractivity contribution in [2.45, 2.75) is 19.8 Å². The number of aromatic hydroxyl groups is 1. The zero-order valence-corrected chi connectivity index (χ0v) is 14.5. The SMILES string of the molecule is COc1ccc(CCO)cc1C.COc1ccc(CCO)cc1O. The summed E-state index contributed by atoms with van der Waals surface area (Å²) in [5, 5.41) is 26.6. The Morgan fingerprint density at radius 1 is 0.792 bits per heavy atom. The van der Waals surface area contributed by atoms with Gasteiger partial charge in [-0.1, -0.05) is 18.2 Å². The van der Waals surface area contributed by atoms with Crippen LogP contribution in [0.5, 0.6) is 17.2 Å². The Labute approximate surface area is 143 Å². The highest BCUT2D eigenvalue weighted by Crippen LogP contribution is 2.26. The fourth-order valence-corrected chi connectivity index (χ4v) is 2.25. The van der Waals surface area contributed by atoms with Crippen LogP contribution in [-0.4, -0.2) is 42.8 Å². The van der Waals surface area contributed by atoms with Gasteiger partial charge in [-0.3, -0.25) is 0 Å². The maximum Gasteiger partial charge on any atom is 0.160 e. The molecule has 2 aromatic rings. The molecule has 24 heavy (non-hydrogen) atoms. The van der Waals surface area contributed by atoms with Crippen molar-refractivity contribution < 1.29 is 24.8 Å². The number of aryl methyl sites for hydroxylation is 1. The maximum absolute atomic E-state index is 9.31. The third-order valence-corrected chi connectivity index (χ3v) is 3.50. The first kappa shape index (κ1) is 19.8. The lowest BCUT2D eigenvalue weighted by Gasteiger charge is -2.05. The van der Waals surface area contributed by atoms with E-state index < -0.39 is 0 Å². The van der Waals surface area contributed by atoms with Crippen LogP contribution >= 0.6 is 0 Å². The molecule has 0 fully saturated rings. The Hall–Kier alpha value is -2.24. The molecule has 5 heteroatoms. The summed E-state index contributed by atoms with van der Waals surface area (Å²) in [5.41, 5.74) is 3.16. The highest BCUT2D eigenvalue weighted by molar-refractivity contribution is 5.41. The van der Waals surface area contributed by atoms with Gasteiger partial charge in [-0.25, -0.2) is 0 Å². The van der Waals surface area contributed by atoms with Gasteiger partial charge in [-0.05, 0) is 54.7 Å². The van der Waals surface area contributed by atoms with E-state index in [1.54, 1.807) is 19.2 Å². The number of hydrogen-bond acceptors (Lipinski definition) is 5. The van der Waals surface area contributed by atoms with Gasteiger partial charge in [0.25, 0.3) is 0 Å². The number of phenols is 1. The van der Waals surface area contributed by atoms with Crippen molar-refractivity contribution in [3.05, 3.63) is 53.1 Å². The molecule has 0 aromatic heterocycles. The number of methoxy groups -OCH3 is 2. The Balaban J connectivity index is 0.000000240. The first-order chi connectivity index (χ1) is 11.5. The summed E-state index contributed by atoms with van der Waals surface area (Å²) < 4.78 is 9.98. The first-order valence-electron chi connectivity index (χ1n) is 7.76. The molecule has 0 unspecified atom stereocenters. The minimum atomic E-state index is 0.0891. The van der Waals surface area contributed by atoms with E-state index in [0.29, 0.717) is 18.6 Å². The fourth-order valence-electron chi connectivity index (χ4n) is 2.25. The Bertz CT molecular complexity index is 570. The second kappa shape index (κ2) is 10.5. The number of benzene rings is 2. The molecule has 0 saturated heterocycles. The van der Waals surface area contributed by atoms with E-state index in [2.05, 4.69) is 0 Å². The van der Waals surface area contributed by atoms with Crippen molar-refractivity contribution >= 4 is 0 Å². The molecule has 0 aliphatic rings. The molecular formula is C19H26O5. The lowest BCUT2D eigenvalue weighted by Crippen LogP contribution is -1.93. The highest BCUT2D eigenvalue weighted by atomic mass is 16.5. The van der Waals surface area contributed by atoms with Crippen molar-refractivity contribution in [2.75, 3.05) is 27.4 Å². The Kier molecular flexibility index (Phi) is 8.68. The van der Waals surface area contributed by atoms with Gasteiger partial charge in [0.1, 0.15) is 5.75 Å². The minimum Gasteiger partial charge on any atom is -0.504 e. The monoisotopic (exact) mass is 334 g/mol. The zero-order valence-electron chi connectivity index (χ0n) is 14.5. The van der Waals surface area contributed by atoms with Crippen LogP contribution in [0.3, 0.4) is 0 Å². The van der Waals surface area contributed by atoms with E-state index in [1.807, 2.05) is 31.2 Å². The normalized spacial score (nSPS) is 9.88. The zero-order chi connectivity index (χ0) is 17.9. The summed E-state index contributed by atoms with van der Waals surface area (Å²) in [7, 11) is 3.16. The van der Waals surface area contributed by atoms with Crippen LogP contribution in [0.2, 0.25) is 0 Å². The molecule has 132 valence electrons. The van der Waals surface area contributed by atoms with Gasteiger partial charge in [0.05, 0.1) is 14.2 Å². The Morgan fingerprint density at radius 2 is 1.29 bits per heavy atom. The number of ether oxygens (including phenoxy) is 2. The van der Waals surface area contributed by atoms with Crippen LogP contribution in [-0.2, 0) is 12.8 Å². The smallest absolute Gasteiger partial charge is 0.160 e. The Morgan fingerprint density at radius 3 is 1.71 bits per heavy atom. The minimum absolute atomic E-state index is 0.0891. The van der Waals surface area contributed by atoms with Gasteiger partial charge in [-0.15, -0.1) is 0 Å². The molecule has 5 nitrogen and oxygen atoms in total. The van der Waals surface area contributed by atoms with E-state index in [9.17, 15) is 5.11 Å². The van der Waals surface area contributed by atoms with E-state index in [-0.39, 0.29) is 19.0 Å². The van der Waals surface area contributed by atoms with Gasteiger partial charge < -0.3 is 24.8 Å². The molecule has 0 heterocycles. The summed E-state index contributed by atoms with van der Waals surface area (Å²) in [4.78, 5) is 0. The number of phenolic OH excluding ortho intramolecular Hbond substituents is 1. The fraction of sp³-hybridized carbons (Fsp3) is 0.368. The van der Waals surface area contributed by atoms with Crippen LogP contribution in [0.4, 0.5) is 0 Å². The van der Waals surface area contributed by atoms with Crippen molar-refractivity contribution in [1.82, 2.24) is 0 Å². The topological polar surface area (TPSA) is 79.2 Å². The average molecular weight is 334 g/mol. The average Bonchev–Trinajstić information content (AvgIpc) is 2.56. The van der Waals surface area contributed by atoms with E-state index in [4.69, 9.17) is 19.7 Å². The summed E-state index contributed by atoms with van der Waals surface area (Å²) in [5.74, 6) is 1.47. The summed E-state index contributed by atoms with van der Waals surface area (Å²) in [6.45, 7) is 2.29. The largest absolute Gasteiger partial charge is 0.504 e. The van der Waals surface area contributed by atoms with Gasteiger partial charge >= 0.3 is 0 Å². The van der Waals surface area contributed by atoms with Crippen LogP contribution in [0.15, 0.2) is 36.4 Å². The van der Waals surface area contributed by atoms with Crippen LogP contribution in [0, 0.1) is 6.92 Å². The van der Waals surface area contributed by atoms with Crippen molar-refractivity contribution in [1.29, 1.82) is 0 Å². The molecule has 3 N–H and O–H groups in total. The maximum atomic E-state index is 9.31. The molecule has 0 aliphatic carbocycles. The number of aliphatic hydroxyl groups is 2. The lowest BCUT2D eigenvalue weighted by molar-refractivity contribution is 0.299. The third kappa shape index (κ3) is 6.10. The predicted molar refractivity (Wildman–Crippen MR) is 94.0 cm³/mol. The van der Waals surface area contributed by atoms with Gasteiger partial charge in [0, 0.05) is 13.2 Å². The van der Waals surface area contributed by atoms with Gasteiger partial charge in [0.2, 0.25) is 0 Å². The van der Waals surface area contributed by atoms with Crippen molar-refractivity contribution in [3.63, 3.8) is 0 Å². The number of hydrogen-bond donors (Lipinski definition) is 3. The highest BCUT2D eigenvalue weighted by Gasteiger charge is 2.01. The molecular weight excluding hydrogens is 308 g/mol. The van der Waals surface area contributed by atoms with E-state index in [1.165, 1.54) is 7.11 Å². The molecule has 2 aromatic carbocycles. The molecule has 0 aliphatic heterocycles. The molecule has 0 saturated carbocycles. The third-order valence-electron chi connectivity index (χ3n) is 3.50. The lowest BCUT2D eigenvalue weighted by atomic mass is 10.1. The van der Waals surface area contributed by atoms with Crippen molar-refractivity contribution in [2.24, 2.45) is 0 Å². The number of rotatable bonds is 6. The molecule has 0 atom stereocenters. The van der Waals surface area contributed by atoms with Gasteiger partial charge in [0.15, 0.2) is 11.5 Å². The molecule has 0 bridgehead atoms. The van der Waals surface area contributed by atoms with Crippen LogP contribution in [0.1, 0.15) is 16.7 Å². The summed E-state index contributed by atoms with van der Waals surface area (Å²) in [6.07, 6.45) is 1.27. The second-order valence-electron chi connectivity index (χ2n) is 5.26. The van der Waals surface area contributed by atoms with Crippen molar-refractivity contribution in [3.8, 4) is 17.2 Å². The number of aliphatic hydroxyl groups excluding tert-OH is 2. The van der Waals surface area contributed by atoms with Crippen LogP contribution < -0.4 is 9.47 Å². The quantitative estimate of drug-likeness (QED) is 0.756. The molecule has 0 spiro atoms. The van der Waals surface area contributed by atoms with Crippen LogP contribution in [0.25, 0.3) is 0 Å². The summed E-state index contributed by atoms with van der Waals surface area (Å²) >= 11 is 0. The van der Waals surface area contributed by atoms with E-state index >= 15 is 0 Å². The molecule has 2 rings (SSSR count). The predicted octanol–water partition coefficient (Wildman–Crippen LogP) is 2.47.